The van der Waals surface area contributed by atoms with Gasteiger partial charge in [-0.05, 0) is 17.9 Å². The molecule has 0 fully saturated rings. The van der Waals surface area contributed by atoms with Crippen LogP contribution in [0.5, 0.6) is 0 Å². The number of pyridine rings is 1. The third-order valence-electron chi connectivity index (χ3n) is 4.17. The Hall–Kier alpha value is -2.28. The Morgan fingerprint density at radius 1 is 1.00 bits per heavy atom. The smallest absolute Gasteiger partial charge is 0.217 e. The van der Waals surface area contributed by atoms with Gasteiger partial charge in [-0.1, -0.05) is 61.9 Å². The zero-order chi connectivity index (χ0) is 19.7. The minimum absolute atomic E-state index is 0.00231. The van der Waals surface area contributed by atoms with Gasteiger partial charge >= 0.3 is 0 Å². The summed E-state index contributed by atoms with van der Waals surface area (Å²) >= 11 is 0. The molecule has 0 radical (unpaired) electrons. The maximum absolute atomic E-state index is 9.73. The quantitative estimate of drug-likeness (QED) is 0.277. The highest BCUT2D eigenvalue weighted by molar-refractivity contribution is 7.80. The van der Waals surface area contributed by atoms with Gasteiger partial charge in [0.2, 0.25) is 10.4 Å². The number of hydrogen-bond acceptors (Lipinski definition) is 4. The predicted octanol–water partition coefficient (Wildman–Crippen LogP) is 4.00. The van der Waals surface area contributed by atoms with E-state index in [4.69, 9.17) is 0 Å². The minimum Gasteiger partial charge on any atom is -0.726 e. The van der Waals surface area contributed by atoms with Crippen molar-refractivity contribution in [2.45, 2.75) is 32.7 Å². The number of benzene rings is 2. The van der Waals surface area contributed by atoms with E-state index in [9.17, 15) is 13.0 Å². The fourth-order valence-corrected chi connectivity index (χ4v) is 2.92. The van der Waals surface area contributed by atoms with Crippen molar-refractivity contribution < 1.29 is 21.7 Å². The molecule has 144 valence electrons. The van der Waals surface area contributed by atoms with E-state index in [2.05, 4.69) is 88.7 Å². The molecular weight excluding hydrogens is 362 g/mol. The normalized spacial score (nSPS) is 12.3. The fraction of sp³-hybridized carbons (Fsp3) is 0.286. The predicted molar refractivity (Wildman–Crippen MR) is 105 cm³/mol. The second-order valence-corrected chi connectivity index (χ2v) is 7.24. The van der Waals surface area contributed by atoms with E-state index in [0.29, 0.717) is 12.5 Å². The molecule has 6 heteroatoms. The Morgan fingerprint density at radius 2 is 1.63 bits per heavy atom. The first-order valence-electron chi connectivity index (χ1n) is 8.95. The van der Waals surface area contributed by atoms with Crippen molar-refractivity contribution in [1.29, 1.82) is 0 Å². The lowest BCUT2D eigenvalue weighted by molar-refractivity contribution is -0.709. The van der Waals surface area contributed by atoms with Crippen LogP contribution < -0.4 is 4.57 Å². The summed E-state index contributed by atoms with van der Waals surface area (Å²) in [6.07, 6.45) is 5.78. The fourth-order valence-electron chi connectivity index (χ4n) is 2.60. The first kappa shape index (κ1) is 21.0. The summed E-state index contributed by atoms with van der Waals surface area (Å²) in [5.74, 6) is 0. The van der Waals surface area contributed by atoms with Crippen molar-refractivity contribution in [3.8, 4) is 0 Å². The van der Waals surface area contributed by atoms with Crippen LogP contribution in [0, 0.1) is 0 Å². The summed E-state index contributed by atoms with van der Waals surface area (Å²) < 4.78 is 35.3. The van der Waals surface area contributed by atoms with Crippen LogP contribution in [0.2, 0.25) is 0 Å². The summed E-state index contributed by atoms with van der Waals surface area (Å²) in [4.78, 5) is 0. The van der Waals surface area contributed by atoms with Crippen LogP contribution in [0.4, 0.5) is 0 Å². The van der Waals surface area contributed by atoms with Crippen LogP contribution in [0.25, 0.3) is 10.8 Å². The summed E-state index contributed by atoms with van der Waals surface area (Å²) in [5, 5.41) is 2.57. The maximum Gasteiger partial charge on any atom is 0.217 e. The average molecular weight is 388 g/mol. The van der Waals surface area contributed by atoms with E-state index in [1.807, 2.05) is 6.92 Å². The van der Waals surface area contributed by atoms with Gasteiger partial charge in [-0.15, -0.1) is 0 Å². The van der Waals surface area contributed by atoms with Crippen LogP contribution in [-0.2, 0) is 14.6 Å². The lowest BCUT2D eigenvalue weighted by Crippen LogP contribution is -2.37. The first-order chi connectivity index (χ1) is 12.9. The van der Waals surface area contributed by atoms with E-state index >= 15 is 0 Å². The second-order valence-electron chi connectivity index (χ2n) is 6.19. The molecule has 27 heavy (non-hydrogen) atoms. The molecule has 1 heterocycles. The van der Waals surface area contributed by atoms with Crippen molar-refractivity contribution >= 4 is 21.2 Å². The van der Waals surface area contributed by atoms with Crippen molar-refractivity contribution in [3.05, 3.63) is 78.6 Å². The molecule has 0 aliphatic heterocycles. The number of nitrogens with zero attached hydrogens (tertiary/aromatic N) is 1. The standard InChI is InChI=1S/C17H16N.C4H10O4S/c1-14(15-7-3-2-4-8-15)18-12-11-16-9-5-6-10-17(16)13-18;1-2-3-4-8-9(5,6)7/h2-14H,1H3;2-4H2,1H3,(H,5,6,7)/q+1;/p-1/t14-;/m1./s1. The Morgan fingerprint density at radius 3 is 2.26 bits per heavy atom. The van der Waals surface area contributed by atoms with E-state index in [0.717, 1.165) is 6.42 Å². The van der Waals surface area contributed by atoms with Crippen molar-refractivity contribution in [1.82, 2.24) is 0 Å². The molecule has 0 N–H and O–H groups in total. The molecule has 3 rings (SSSR count). The van der Waals surface area contributed by atoms with Crippen LogP contribution in [-0.4, -0.2) is 19.6 Å². The maximum atomic E-state index is 9.73. The average Bonchev–Trinajstić information content (AvgIpc) is 2.67. The number of fused-ring (bicyclic) bond motifs is 1. The second kappa shape index (κ2) is 10.2. The summed E-state index contributed by atoms with van der Waals surface area (Å²) in [7, 11) is -4.45. The molecular formula is C21H25NO4S. The molecule has 5 nitrogen and oxygen atoms in total. The molecule has 2 aromatic carbocycles. The molecule has 0 bridgehead atoms. The van der Waals surface area contributed by atoms with Gasteiger partial charge in [0.15, 0.2) is 18.4 Å². The van der Waals surface area contributed by atoms with Gasteiger partial charge in [0.25, 0.3) is 0 Å². The van der Waals surface area contributed by atoms with Crippen LogP contribution >= 0.6 is 0 Å². The third-order valence-corrected chi connectivity index (χ3v) is 4.62. The van der Waals surface area contributed by atoms with Crippen LogP contribution in [0.15, 0.2) is 73.1 Å². The molecule has 3 aromatic rings. The highest BCUT2D eigenvalue weighted by atomic mass is 32.3. The topological polar surface area (TPSA) is 70.3 Å². The van der Waals surface area contributed by atoms with Crippen LogP contribution in [0.3, 0.4) is 0 Å². The van der Waals surface area contributed by atoms with Gasteiger partial charge in [-0.3, -0.25) is 4.18 Å². The molecule has 0 aliphatic carbocycles. The number of aromatic nitrogens is 1. The van der Waals surface area contributed by atoms with Gasteiger partial charge in [0.1, 0.15) is 0 Å². The zero-order valence-corrected chi connectivity index (χ0v) is 16.4. The molecule has 0 unspecified atom stereocenters. The Labute approximate surface area is 161 Å². The molecule has 0 amide bonds. The van der Waals surface area contributed by atoms with E-state index in [1.165, 1.54) is 16.3 Å². The molecule has 0 saturated heterocycles. The van der Waals surface area contributed by atoms with Gasteiger partial charge in [0, 0.05) is 23.9 Å². The number of rotatable bonds is 6. The van der Waals surface area contributed by atoms with Crippen LogP contribution in [0.1, 0.15) is 38.3 Å². The van der Waals surface area contributed by atoms with E-state index < -0.39 is 10.4 Å². The number of unbranched alkanes of at least 4 members (excludes halogenated alkanes) is 1. The van der Waals surface area contributed by atoms with E-state index in [-0.39, 0.29) is 6.61 Å². The third kappa shape index (κ3) is 7.09. The van der Waals surface area contributed by atoms with Gasteiger partial charge in [0.05, 0.1) is 6.61 Å². The van der Waals surface area contributed by atoms with Crippen molar-refractivity contribution in [2.75, 3.05) is 6.61 Å². The highest BCUT2D eigenvalue weighted by Crippen LogP contribution is 2.14. The molecule has 0 aliphatic rings. The highest BCUT2D eigenvalue weighted by Gasteiger charge is 2.14. The van der Waals surface area contributed by atoms with Gasteiger partial charge in [-0.25, -0.2) is 8.42 Å². The van der Waals surface area contributed by atoms with E-state index in [1.54, 1.807) is 0 Å². The molecule has 0 saturated carbocycles. The largest absolute Gasteiger partial charge is 0.726 e. The van der Waals surface area contributed by atoms with Crippen molar-refractivity contribution in [3.63, 3.8) is 0 Å². The minimum atomic E-state index is -4.45. The Bertz CT molecular complexity index is 943. The van der Waals surface area contributed by atoms with Gasteiger partial charge in [-0.2, -0.15) is 4.57 Å². The van der Waals surface area contributed by atoms with Crippen molar-refractivity contribution in [2.24, 2.45) is 0 Å². The summed E-state index contributed by atoms with van der Waals surface area (Å²) in [5.41, 5.74) is 1.33. The molecule has 1 atom stereocenters. The summed E-state index contributed by atoms with van der Waals surface area (Å²) in [6.45, 7) is 4.10. The molecule has 0 spiro atoms. The lowest BCUT2D eigenvalue weighted by atomic mass is 10.1. The number of hydrogen-bond donors (Lipinski definition) is 0. The molecule has 1 aromatic heterocycles. The Kier molecular flexibility index (Phi) is 7.91. The lowest BCUT2D eigenvalue weighted by Gasteiger charge is -2.07. The Balaban J connectivity index is 0.000000249. The summed E-state index contributed by atoms with van der Waals surface area (Å²) in [6, 6.07) is 21.6. The first-order valence-corrected chi connectivity index (χ1v) is 10.3. The van der Waals surface area contributed by atoms with Gasteiger partial charge < -0.3 is 4.55 Å². The monoisotopic (exact) mass is 387 g/mol. The SMILES string of the molecule is CCCCOS(=O)(=O)[O-].C[C@H](c1ccccc1)[n+]1ccc2ccccc2c1. The zero-order valence-electron chi connectivity index (χ0n) is 15.6.